The van der Waals surface area contributed by atoms with Crippen LogP contribution in [-0.2, 0) is 16.1 Å². The van der Waals surface area contributed by atoms with Crippen LogP contribution in [0.3, 0.4) is 0 Å². The Bertz CT molecular complexity index is 1770. The van der Waals surface area contributed by atoms with Crippen molar-refractivity contribution in [1.82, 2.24) is 4.98 Å². The van der Waals surface area contributed by atoms with Crippen molar-refractivity contribution in [1.29, 1.82) is 0 Å². The summed E-state index contributed by atoms with van der Waals surface area (Å²) in [5, 5.41) is 8.19. The zero-order valence-electron chi connectivity index (χ0n) is 26.2. The first-order chi connectivity index (χ1) is 22.8. The molecule has 0 aliphatic heterocycles. The van der Waals surface area contributed by atoms with Crippen LogP contribution in [0.1, 0.15) is 19.4 Å². The molecule has 0 spiro atoms. The van der Waals surface area contributed by atoms with Crippen molar-refractivity contribution in [2.75, 3.05) is 47.0 Å². The molecule has 1 aromatic heterocycles. The number of hydrogen-bond acceptors (Lipinski definition) is 8. The van der Waals surface area contributed by atoms with Crippen molar-refractivity contribution in [2.45, 2.75) is 20.5 Å². The van der Waals surface area contributed by atoms with E-state index >= 15 is 0 Å². The van der Waals surface area contributed by atoms with Gasteiger partial charge in [0, 0.05) is 52.7 Å². The maximum atomic E-state index is 12.7. The van der Waals surface area contributed by atoms with Crippen molar-refractivity contribution >= 4 is 80.0 Å². The van der Waals surface area contributed by atoms with Crippen molar-refractivity contribution in [3.05, 3.63) is 96.6 Å². The van der Waals surface area contributed by atoms with E-state index in [4.69, 9.17) is 42.4 Å². The maximum Gasteiger partial charge on any atom is 0.514 e. The number of amides is 1. The smallest absolute Gasteiger partial charge is 0.449 e. The van der Waals surface area contributed by atoms with E-state index in [1.807, 2.05) is 85.5 Å². The molecule has 0 saturated heterocycles. The number of nitrogens with zero attached hydrogens (tertiary/aromatic N) is 2. The lowest BCUT2D eigenvalue weighted by molar-refractivity contribution is 0.0927. The first-order valence-electron chi connectivity index (χ1n) is 15.3. The van der Waals surface area contributed by atoms with Gasteiger partial charge in [0.05, 0.1) is 23.3 Å². The lowest BCUT2D eigenvalue weighted by atomic mass is 10.1. The predicted octanol–water partition coefficient (Wildman–Crippen LogP) is 9.34. The maximum absolute atomic E-state index is 12.7. The summed E-state index contributed by atoms with van der Waals surface area (Å²) in [6.07, 6.45) is -1.45. The summed E-state index contributed by atoms with van der Waals surface area (Å²) in [6.45, 7) is 5.37. The third kappa shape index (κ3) is 9.18. The Morgan fingerprint density at radius 3 is 2.04 bits per heavy atom. The third-order valence-corrected chi connectivity index (χ3v) is 7.45. The van der Waals surface area contributed by atoms with Gasteiger partial charge in [-0.15, -0.1) is 23.2 Å². The van der Waals surface area contributed by atoms with Crippen molar-refractivity contribution in [2.24, 2.45) is 5.92 Å². The number of carbonyl (C=O) groups excluding carboxylic acids is 2. The summed E-state index contributed by atoms with van der Waals surface area (Å²) in [6, 6.07) is 28.1. The fourth-order valence-electron chi connectivity index (χ4n) is 5.00. The van der Waals surface area contributed by atoms with Gasteiger partial charge in [-0.05, 0) is 66.1 Å². The highest BCUT2D eigenvalue weighted by atomic mass is 35.5. The quantitative estimate of drug-likeness (QED) is 0.0551. The number of nitrogens with one attached hydrogen (secondary N) is 2. The number of halogens is 2. The van der Waals surface area contributed by atoms with Gasteiger partial charge >= 0.3 is 12.2 Å². The molecule has 9 nitrogen and oxygen atoms in total. The minimum Gasteiger partial charge on any atom is -0.449 e. The number of alkyl halides is 2. The summed E-state index contributed by atoms with van der Waals surface area (Å²) >= 11 is 11.8. The lowest BCUT2D eigenvalue weighted by Crippen LogP contribution is -2.27. The number of aromatic nitrogens is 1. The van der Waals surface area contributed by atoms with Crippen molar-refractivity contribution < 1.29 is 23.8 Å². The Morgan fingerprint density at radius 1 is 0.809 bits per heavy atom. The van der Waals surface area contributed by atoms with E-state index in [1.165, 1.54) is 0 Å². The average molecular weight is 676 g/mol. The minimum atomic E-state index is -0.869. The summed E-state index contributed by atoms with van der Waals surface area (Å²) in [5.41, 5.74) is 5.19. The van der Waals surface area contributed by atoms with Crippen LogP contribution in [0.4, 0.5) is 32.3 Å². The number of hydrogen-bond donors (Lipinski definition) is 2. The second-order valence-electron chi connectivity index (χ2n) is 11.2. The lowest BCUT2D eigenvalue weighted by Gasteiger charge is -2.22. The molecule has 47 heavy (non-hydrogen) atoms. The Kier molecular flexibility index (Phi) is 11.6. The third-order valence-electron chi connectivity index (χ3n) is 7.11. The van der Waals surface area contributed by atoms with E-state index in [-0.39, 0.29) is 19.1 Å². The van der Waals surface area contributed by atoms with Crippen molar-refractivity contribution in [3.63, 3.8) is 0 Å². The van der Waals surface area contributed by atoms with Crippen LogP contribution < -0.4 is 20.3 Å². The van der Waals surface area contributed by atoms with Gasteiger partial charge in [0.1, 0.15) is 12.4 Å². The second kappa shape index (κ2) is 16.2. The molecule has 2 N–H and O–H groups in total. The van der Waals surface area contributed by atoms with Gasteiger partial charge in [0.25, 0.3) is 0 Å². The molecule has 5 rings (SSSR count). The van der Waals surface area contributed by atoms with E-state index < -0.39 is 12.2 Å². The number of fused-ring (bicyclic) bond motifs is 2. The number of ether oxygens (including phenoxy) is 3. The summed E-state index contributed by atoms with van der Waals surface area (Å²) < 4.78 is 16.2. The first-order valence-corrected chi connectivity index (χ1v) is 16.3. The number of para-hydroxylation sites is 2. The molecule has 1 amide bonds. The van der Waals surface area contributed by atoms with Crippen LogP contribution in [0.5, 0.6) is 5.75 Å². The highest BCUT2D eigenvalue weighted by Crippen LogP contribution is 2.34. The van der Waals surface area contributed by atoms with E-state index in [1.54, 1.807) is 24.3 Å². The molecule has 0 radical (unpaired) electrons. The zero-order valence-corrected chi connectivity index (χ0v) is 27.7. The van der Waals surface area contributed by atoms with Gasteiger partial charge in [-0.2, -0.15) is 0 Å². The Labute approximate surface area is 283 Å². The Hall–Kier alpha value is -4.73. The molecule has 0 saturated carbocycles. The molecule has 1 heterocycles. The van der Waals surface area contributed by atoms with E-state index in [2.05, 4.69) is 10.6 Å². The number of pyridine rings is 1. The molecule has 0 unspecified atom stereocenters. The molecule has 0 bridgehead atoms. The summed E-state index contributed by atoms with van der Waals surface area (Å²) in [4.78, 5) is 32.1. The molecule has 5 aromatic rings. The number of benzene rings is 4. The average Bonchev–Trinajstić information content (AvgIpc) is 3.06. The first kappa shape index (κ1) is 33.6. The van der Waals surface area contributed by atoms with Crippen LogP contribution in [0.2, 0.25) is 0 Å². The number of rotatable bonds is 13. The molecule has 11 heteroatoms. The second-order valence-corrected chi connectivity index (χ2v) is 11.9. The normalized spacial score (nSPS) is 11.0. The highest BCUT2D eigenvalue weighted by molar-refractivity contribution is 6.18. The molecule has 0 fully saturated rings. The molecule has 0 aliphatic carbocycles. The van der Waals surface area contributed by atoms with E-state index in [9.17, 15) is 9.59 Å². The standard InChI is InChI=1S/C36H36Cl2N4O5/c1-24(2)22-45-35(43)40-27-20-25(23-46-36(44)47-29-13-11-28(12-14-29)42(17-15-37)18-16-38)19-26(21-27)39-34-30-7-3-5-9-32(30)41-33-10-6-4-8-31(33)34/h3-14,19-21,24H,15-18,22-23H2,1-2H3,(H,39,41)(H,40,43). The van der Waals surface area contributed by atoms with Crippen LogP contribution >= 0.6 is 23.2 Å². The van der Waals surface area contributed by atoms with E-state index in [0.29, 0.717) is 47.5 Å². The minimum absolute atomic E-state index is 0.112. The van der Waals surface area contributed by atoms with Gasteiger partial charge in [0.2, 0.25) is 0 Å². The Balaban J connectivity index is 1.36. The topological polar surface area (TPSA) is 102 Å². The number of anilines is 4. The van der Waals surface area contributed by atoms with Gasteiger partial charge in [-0.25, -0.2) is 14.6 Å². The predicted molar refractivity (Wildman–Crippen MR) is 190 cm³/mol. The SMILES string of the molecule is CC(C)COC(=O)Nc1cc(COC(=O)Oc2ccc(N(CCCl)CCCl)cc2)cc(Nc2c3ccccc3nc3ccccc23)c1. The van der Waals surface area contributed by atoms with Gasteiger partial charge in [0.15, 0.2) is 0 Å². The molecule has 0 aliphatic rings. The van der Waals surface area contributed by atoms with E-state index in [0.717, 1.165) is 33.2 Å². The summed E-state index contributed by atoms with van der Waals surface area (Å²) in [5.74, 6) is 1.44. The zero-order chi connectivity index (χ0) is 33.2. The van der Waals surface area contributed by atoms with Crippen LogP contribution in [0, 0.1) is 5.92 Å². The van der Waals surface area contributed by atoms with Crippen molar-refractivity contribution in [3.8, 4) is 5.75 Å². The van der Waals surface area contributed by atoms with Crippen LogP contribution in [0.15, 0.2) is 91.0 Å². The number of carbonyl (C=O) groups is 2. The Morgan fingerprint density at radius 2 is 1.43 bits per heavy atom. The monoisotopic (exact) mass is 674 g/mol. The van der Waals surface area contributed by atoms with Gasteiger partial charge < -0.3 is 24.4 Å². The van der Waals surface area contributed by atoms with Crippen LogP contribution in [-0.4, -0.2) is 48.7 Å². The van der Waals surface area contributed by atoms with Gasteiger partial charge in [-0.1, -0.05) is 50.2 Å². The molecular weight excluding hydrogens is 639 g/mol. The van der Waals surface area contributed by atoms with Gasteiger partial charge in [-0.3, -0.25) is 5.32 Å². The molecule has 0 atom stereocenters. The summed E-state index contributed by atoms with van der Waals surface area (Å²) in [7, 11) is 0. The fraction of sp³-hybridized carbons (Fsp3) is 0.250. The molecule has 244 valence electrons. The molecular formula is C36H36Cl2N4O5. The highest BCUT2D eigenvalue weighted by Gasteiger charge is 2.14. The van der Waals surface area contributed by atoms with Crippen LogP contribution in [0.25, 0.3) is 21.8 Å². The molecule has 4 aromatic carbocycles. The largest absolute Gasteiger partial charge is 0.514 e. The fourth-order valence-corrected chi connectivity index (χ4v) is 5.41.